The van der Waals surface area contributed by atoms with Crippen molar-refractivity contribution in [1.82, 2.24) is 4.57 Å². The Balaban J connectivity index is 2.25. The summed E-state index contributed by atoms with van der Waals surface area (Å²) in [6.45, 7) is 2.12. The van der Waals surface area contributed by atoms with Gasteiger partial charge in [-0.3, -0.25) is 0 Å². The van der Waals surface area contributed by atoms with Gasteiger partial charge in [0, 0.05) is 29.4 Å². The lowest BCUT2D eigenvalue weighted by Crippen LogP contribution is -2.11. The number of aromatic nitrogens is 1. The van der Waals surface area contributed by atoms with E-state index in [1.807, 2.05) is 16.7 Å². The van der Waals surface area contributed by atoms with E-state index in [4.69, 9.17) is 0 Å². The first-order valence-electron chi connectivity index (χ1n) is 6.46. The van der Waals surface area contributed by atoms with Crippen molar-refractivity contribution < 1.29 is 18.3 Å². The number of carbonyl (C=O) groups is 1. The number of benzene rings is 1. The first-order valence-corrected chi connectivity index (χ1v) is 8.28. The van der Waals surface area contributed by atoms with Crippen LogP contribution in [0.5, 0.6) is 0 Å². The highest BCUT2D eigenvalue weighted by molar-refractivity contribution is 7.91. The molecule has 0 amide bonds. The molecule has 0 aliphatic rings. The van der Waals surface area contributed by atoms with E-state index in [0.29, 0.717) is 18.4 Å². The van der Waals surface area contributed by atoms with E-state index < -0.39 is 15.8 Å². The third-order valence-corrected chi connectivity index (χ3v) is 5.10. The first-order chi connectivity index (χ1) is 9.44. The maximum atomic E-state index is 11.5. The number of hydrogen-bond acceptors (Lipinski definition) is 3. The molecular formula is C14H17NO4S. The van der Waals surface area contributed by atoms with Crippen LogP contribution in [0.4, 0.5) is 0 Å². The van der Waals surface area contributed by atoms with Crippen LogP contribution >= 0.6 is 0 Å². The van der Waals surface area contributed by atoms with Gasteiger partial charge in [0.2, 0.25) is 0 Å². The van der Waals surface area contributed by atoms with Crippen molar-refractivity contribution in [2.45, 2.75) is 19.9 Å². The number of hydrogen-bond donors (Lipinski definition) is 1. The average Bonchev–Trinajstić information content (AvgIpc) is 2.78. The van der Waals surface area contributed by atoms with Gasteiger partial charge in [-0.25, -0.2) is 13.2 Å². The van der Waals surface area contributed by atoms with Crippen LogP contribution in [-0.4, -0.2) is 35.6 Å². The minimum atomic E-state index is -2.98. The van der Waals surface area contributed by atoms with Gasteiger partial charge in [0.1, 0.15) is 9.84 Å². The second kappa shape index (κ2) is 5.66. The second-order valence-corrected chi connectivity index (χ2v) is 7.12. The van der Waals surface area contributed by atoms with Gasteiger partial charge in [-0.05, 0) is 12.5 Å². The van der Waals surface area contributed by atoms with E-state index in [-0.39, 0.29) is 17.1 Å². The molecule has 108 valence electrons. The third-order valence-electron chi connectivity index (χ3n) is 3.31. The van der Waals surface area contributed by atoms with Gasteiger partial charge in [0.05, 0.1) is 11.3 Å². The molecule has 2 rings (SSSR count). The SMILES string of the molecule is CCS(=O)(=O)CCCn1cc(C(=O)O)c2ccccc21. The molecule has 1 aromatic heterocycles. The quantitative estimate of drug-likeness (QED) is 0.886. The van der Waals surface area contributed by atoms with Gasteiger partial charge < -0.3 is 9.67 Å². The summed E-state index contributed by atoms with van der Waals surface area (Å²) in [7, 11) is -2.98. The molecule has 0 aliphatic carbocycles. The van der Waals surface area contributed by atoms with Crippen LogP contribution in [0.3, 0.4) is 0 Å². The zero-order valence-corrected chi connectivity index (χ0v) is 12.1. The van der Waals surface area contributed by atoms with Gasteiger partial charge in [-0.2, -0.15) is 0 Å². The fourth-order valence-corrected chi connectivity index (χ4v) is 3.06. The maximum Gasteiger partial charge on any atom is 0.337 e. The van der Waals surface area contributed by atoms with Crippen LogP contribution in [-0.2, 0) is 16.4 Å². The largest absolute Gasteiger partial charge is 0.478 e. The van der Waals surface area contributed by atoms with Crippen molar-refractivity contribution in [2.75, 3.05) is 11.5 Å². The molecule has 0 aliphatic heterocycles. The van der Waals surface area contributed by atoms with Crippen molar-refractivity contribution >= 4 is 26.7 Å². The number of aromatic carboxylic acids is 1. The normalized spacial score (nSPS) is 11.8. The lowest BCUT2D eigenvalue weighted by molar-refractivity contribution is 0.0698. The van der Waals surface area contributed by atoms with Crippen LogP contribution in [0.2, 0.25) is 0 Å². The molecule has 0 spiro atoms. The molecule has 1 N–H and O–H groups in total. The molecule has 2 aromatic rings. The van der Waals surface area contributed by atoms with Crippen molar-refractivity contribution in [2.24, 2.45) is 0 Å². The van der Waals surface area contributed by atoms with Gasteiger partial charge in [-0.1, -0.05) is 25.1 Å². The molecule has 0 saturated heterocycles. The number of sulfone groups is 1. The number of carboxylic acid groups (broad SMARTS) is 1. The van der Waals surface area contributed by atoms with Crippen LogP contribution in [0, 0.1) is 0 Å². The summed E-state index contributed by atoms with van der Waals surface area (Å²) in [5, 5.41) is 9.86. The number of nitrogens with zero attached hydrogens (tertiary/aromatic N) is 1. The predicted molar refractivity (Wildman–Crippen MR) is 77.8 cm³/mol. The second-order valence-electron chi connectivity index (χ2n) is 4.65. The summed E-state index contributed by atoms with van der Waals surface area (Å²) < 4.78 is 24.7. The predicted octanol–water partition coefficient (Wildman–Crippen LogP) is 2.16. The molecule has 5 nitrogen and oxygen atoms in total. The fourth-order valence-electron chi connectivity index (χ4n) is 2.20. The number of fused-ring (bicyclic) bond motifs is 1. The zero-order valence-electron chi connectivity index (χ0n) is 11.2. The first kappa shape index (κ1) is 14.6. The number of carboxylic acids is 1. The van der Waals surface area contributed by atoms with Crippen LogP contribution in [0.15, 0.2) is 30.5 Å². The summed E-state index contributed by atoms with van der Waals surface area (Å²) in [5.41, 5.74) is 1.07. The lowest BCUT2D eigenvalue weighted by Gasteiger charge is -2.05. The average molecular weight is 295 g/mol. The Hall–Kier alpha value is -1.82. The molecule has 20 heavy (non-hydrogen) atoms. The summed E-state index contributed by atoms with van der Waals surface area (Å²) in [6.07, 6.45) is 2.06. The summed E-state index contributed by atoms with van der Waals surface area (Å²) >= 11 is 0. The van der Waals surface area contributed by atoms with Gasteiger partial charge >= 0.3 is 5.97 Å². The van der Waals surface area contributed by atoms with Crippen LogP contribution in [0.1, 0.15) is 23.7 Å². The smallest absolute Gasteiger partial charge is 0.337 e. The minimum absolute atomic E-state index is 0.123. The molecule has 1 heterocycles. The third kappa shape index (κ3) is 3.01. The highest BCUT2D eigenvalue weighted by Crippen LogP contribution is 2.21. The van der Waals surface area contributed by atoms with E-state index in [2.05, 4.69) is 0 Å². The van der Waals surface area contributed by atoms with E-state index >= 15 is 0 Å². The Morgan fingerprint density at radius 2 is 2.00 bits per heavy atom. The Labute approximate surface area is 117 Å². The Morgan fingerprint density at radius 3 is 2.65 bits per heavy atom. The standard InChI is InChI=1S/C14H17NO4S/c1-2-20(18,19)9-5-8-15-10-12(14(16)17)11-6-3-4-7-13(11)15/h3-4,6-7,10H,2,5,8-9H2,1H3,(H,16,17). The van der Waals surface area contributed by atoms with Gasteiger partial charge in [0.25, 0.3) is 0 Å². The van der Waals surface area contributed by atoms with E-state index in [0.717, 1.165) is 5.52 Å². The zero-order chi connectivity index (χ0) is 14.8. The molecule has 0 atom stereocenters. The molecule has 0 bridgehead atoms. The van der Waals surface area contributed by atoms with Gasteiger partial charge in [0.15, 0.2) is 0 Å². The maximum absolute atomic E-state index is 11.5. The summed E-state index contributed by atoms with van der Waals surface area (Å²) in [6, 6.07) is 7.24. The number of rotatable bonds is 6. The number of aryl methyl sites for hydroxylation is 1. The Kier molecular flexibility index (Phi) is 4.13. The molecule has 0 fully saturated rings. The molecule has 0 saturated carbocycles. The van der Waals surface area contributed by atoms with E-state index in [9.17, 15) is 18.3 Å². The molecule has 0 radical (unpaired) electrons. The van der Waals surface area contributed by atoms with E-state index in [1.54, 1.807) is 25.3 Å². The summed E-state index contributed by atoms with van der Waals surface area (Å²) in [4.78, 5) is 11.2. The molecule has 6 heteroatoms. The van der Waals surface area contributed by atoms with Crippen LogP contribution in [0.25, 0.3) is 10.9 Å². The van der Waals surface area contributed by atoms with Crippen molar-refractivity contribution in [3.63, 3.8) is 0 Å². The molecule has 1 aromatic carbocycles. The van der Waals surface area contributed by atoms with Crippen molar-refractivity contribution in [3.05, 3.63) is 36.0 Å². The van der Waals surface area contributed by atoms with Crippen molar-refractivity contribution in [3.8, 4) is 0 Å². The minimum Gasteiger partial charge on any atom is -0.478 e. The Morgan fingerprint density at radius 1 is 1.30 bits per heavy atom. The Bertz CT molecular complexity index is 731. The van der Waals surface area contributed by atoms with E-state index in [1.165, 1.54) is 0 Å². The number of para-hydroxylation sites is 1. The fraction of sp³-hybridized carbons (Fsp3) is 0.357. The van der Waals surface area contributed by atoms with Crippen LogP contribution < -0.4 is 0 Å². The van der Waals surface area contributed by atoms with Crippen molar-refractivity contribution in [1.29, 1.82) is 0 Å². The topological polar surface area (TPSA) is 76.4 Å². The monoisotopic (exact) mass is 295 g/mol. The highest BCUT2D eigenvalue weighted by Gasteiger charge is 2.14. The highest BCUT2D eigenvalue weighted by atomic mass is 32.2. The molecular weight excluding hydrogens is 278 g/mol. The lowest BCUT2D eigenvalue weighted by atomic mass is 10.2. The summed E-state index contributed by atoms with van der Waals surface area (Å²) in [5.74, 6) is -0.709. The van der Waals surface area contributed by atoms with Gasteiger partial charge in [-0.15, -0.1) is 0 Å². The molecule has 0 unspecified atom stereocenters.